The summed E-state index contributed by atoms with van der Waals surface area (Å²) >= 11 is 6.90. The minimum Gasteiger partial charge on any atom is -0.167 e. The molecule has 0 saturated carbocycles. The second-order valence-electron chi connectivity index (χ2n) is 4.95. The van der Waals surface area contributed by atoms with Crippen LogP contribution in [-0.2, 0) is 0 Å². The average molecular weight is 300 g/mol. The molecule has 0 N–H and O–H groups in total. The predicted molar refractivity (Wildman–Crippen MR) is 90.6 cm³/mol. The third-order valence-corrected chi connectivity index (χ3v) is 7.43. The molecule has 2 heteroatoms. The Kier molecular flexibility index (Phi) is 5.63. The van der Waals surface area contributed by atoms with Crippen molar-refractivity contribution in [1.29, 1.82) is 0 Å². The molecule has 103 valence electrons. The number of hydrogen-bond donors (Lipinski definition) is 0. The number of hydrogen-bond acceptors (Lipinski definition) is 0. The van der Waals surface area contributed by atoms with Gasteiger partial charge in [0, 0.05) is 5.54 Å². The second-order valence-corrected chi connectivity index (χ2v) is 8.52. The lowest BCUT2D eigenvalue weighted by Gasteiger charge is -2.24. The van der Waals surface area contributed by atoms with Gasteiger partial charge in [0.2, 0.25) is 0 Å². The van der Waals surface area contributed by atoms with Crippen LogP contribution in [0.15, 0.2) is 72.8 Å². The highest BCUT2D eigenvalue weighted by molar-refractivity contribution is 7.08. The van der Waals surface area contributed by atoms with Gasteiger partial charge in [0.15, 0.2) is 8.11 Å². The largest absolute Gasteiger partial charge is 0.184 e. The molecule has 0 aromatic heterocycles. The number of benzene rings is 2. The molecule has 0 aliphatic carbocycles. The molecule has 2 rings (SSSR count). The first-order chi connectivity index (χ1) is 9.74. The van der Waals surface area contributed by atoms with Crippen LogP contribution in [0.2, 0.25) is 5.54 Å². The van der Waals surface area contributed by atoms with E-state index in [2.05, 4.69) is 86.7 Å². The summed E-state index contributed by atoms with van der Waals surface area (Å²) in [6.45, 7) is 4.28. The van der Waals surface area contributed by atoms with E-state index in [4.69, 9.17) is 11.1 Å². The van der Waals surface area contributed by atoms with Crippen molar-refractivity contribution in [2.24, 2.45) is 0 Å². The van der Waals surface area contributed by atoms with E-state index < -0.39 is 8.11 Å². The van der Waals surface area contributed by atoms with Crippen LogP contribution in [-0.4, -0.2) is 8.11 Å². The van der Waals surface area contributed by atoms with Gasteiger partial charge in [0.25, 0.3) is 0 Å². The van der Waals surface area contributed by atoms with Crippen LogP contribution < -0.4 is 0 Å². The maximum absolute atomic E-state index is 6.90. The third kappa shape index (κ3) is 3.62. The van der Waals surface area contributed by atoms with Gasteiger partial charge in [-0.05, 0) is 23.6 Å². The van der Waals surface area contributed by atoms with Crippen molar-refractivity contribution >= 4 is 19.2 Å². The molecule has 0 fully saturated rings. The summed E-state index contributed by atoms with van der Waals surface area (Å²) in [6.07, 6.45) is 4.32. The monoisotopic (exact) mass is 299 g/mol. The van der Waals surface area contributed by atoms with Gasteiger partial charge in [-0.1, -0.05) is 79.7 Å². The van der Waals surface area contributed by atoms with Gasteiger partial charge in [-0.15, -0.1) is 0 Å². The first-order valence-electron chi connectivity index (χ1n) is 6.99. The van der Waals surface area contributed by atoms with Crippen molar-refractivity contribution in [3.05, 3.63) is 83.9 Å². The van der Waals surface area contributed by atoms with Crippen LogP contribution in [0.3, 0.4) is 0 Å². The summed E-state index contributed by atoms with van der Waals surface area (Å²) in [5, 5.41) is 0. The lowest BCUT2D eigenvalue weighted by Crippen LogP contribution is -2.22. The molecule has 0 spiro atoms. The van der Waals surface area contributed by atoms with Gasteiger partial charge >= 0.3 is 0 Å². The first-order valence-corrected chi connectivity index (χ1v) is 9.65. The summed E-state index contributed by atoms with van der Waals surface area (Å²) in [5.74, 6) is 0. The minimum atomic E-state index is -1.09. The fourth-order valence-corrected chi connectivity index (χ4v) is 5.34. The van der Waals surface area contributed by atoms with Crippen LogP contribution in [0.5, 0.6) is 0 Å². The topological polar surface area (TPSA) is 0 Å². The van der Waals surface area contributed by atoms with Crippen LogP contribution in [0.25, 0.3) is 0 Å². The molecule has 2 aromatic carbocycles. The summed E-state index contributed by atoms with van der Waals surface area (Å²) < 4.78 is 0. The zero-order valence-corrected chi connectivity index (χ0v) is 13.7. The molecule has 0 saturated heterocycles. The van der Waals surface area contributed by atoms with E-state index >= 15 is 0 Å². The Morgan fingerprint density at radius 2 is 1.35 bits per heavy atom. The summed E-state index contributed by atoms with van der Waals surface area (Å²) in [7, 11) is -1.09. The van der Waals surface area contributed by atoms with E-state index in [0.717, 1.165) is 0 Å². The van der Waals surface area contributed by atoms with Crippen molar-refractivity contribution in [3.63, 3.8) is 0 Å². The maximum atomic E-state index is 6.90. The SMILES string of the molecule is C/C=C/C(C)[Si](Cl)C(c1ccccc1)c1ccccc1. The zero-order valence-electron chi connectivity index (χ0n) is 12.0. The van der Waals surface area contributed by atoms with Gasteiger partial charge in [-0.25, -0.2) is 0 Å². The van der Waals surface area contributed by atoms with Crippen LogP contribution in [0, 0.1) is 0 Å². The van der Waals surface area contributed by atoms with Crippen LogP contribution in [0.4, 0.5) is 0 Å². The van der Waals surface area contributed by atoms with Crippen molar-refractivity contribution in [3.8, 4) is 0 Å². The lowest BCUT2D eigenvalue weighted by atomic mass is 10.0. The molecule has 0 nitrogen and oxygen atoms in total. The molecule has 0 aliphatic heterocycles. The maximum Gasteiger partial charge on any atom is 0.184 e. The molecular formula is C18H20ClSi. The van der Waals surface area contributed by atoms with Gasteiger partial charge < -0.3 is 0 Å². The summed E-state index contributed by atoms with van der Waals surface area (Å²) in [5.41, 5.74) is 3.38. The highest BCUT2D eigenvalue weighted by Crippen LogP contribution is 2.34. The number of rotatable bonds is 5. The van der Waals surface area contributed by atoms with Crippen LogP contribution in [0.1, 0.15) is 30.5 Å². The third-order valence-electron chi connectivity index (χ3n) is 3.46. The Labute approximate surface area is 128 Å². The smallest absolute Gasteiger partial charge is 0.167 e. The van der Waals surface area contributed by atoms with E-state index in [1.807, 2.05) is 0 Å². The highest BCUT2D eigenvalue weighted by Gasteiger charge is 2.28. The molecule has 1 radical (unpaired) electrons. The molecule has 0 heterocycles. The first kappa shape index (κ1) is 15.1. The van der Waals surface area contributed by atoms with Crippen LogP contribution >= 0.6 is 11.1 Å². The second kappa shape index (κ2) is 7.46. The fraction of sp³-hybridized carbons (Fsp3) is 0.222. The number of halogens is 1. The molecule has 1 unspecified atom stereocenters. The predicted octanol–water partition coefficient (Wildman–Crippen LogP) is 5.55. The van der Waals surface area contributed by atoms with Gasteiger partial charge in [0.1, 0.15) is 0 Å². The molecule has 2 aromatic rings. The Morgan fingerprint density at radius 1 is 0.900 bits per heavy atom. The van der Waals surface area contributed by atoms with Crippen molar-refractivity contribution in [2.45, 2.75) is 24.9 Å². The van der Waals surface area contributed by atoms with E-state index in [0.29, 0.717) is 11.1 Å². The summed E-state index contributed by atoms with van der Waals surface area (Å²) in [4.78, 5) is 0. The zero-order chi connectivity index (χ0) is 14.4. The minimum absolute atomic E-state index is 0.315. The molecular weight excluding hydrogens is 280 g/mol. The Hall–Kier alpha value is -1.31. The van der Waals surface area contributed by atoms with Gasteiger partial charge in [0.05, 0.1) is 0 Å². The number of allylic oxidation sites excluding steroid dienone is 2. The van der Waals surface area contributed by atoms with Gasteiger partial charge in [-0.2, -0.15) is 11.1 Å². The molecule has 0 aliphatic rings. The van der Waals surface area contributed by atoms with Crippen molar-refractivity contribution in [2.75, 3.05) is 0 Å². The molecule has 20 heavy (non-hydrogen) atoms. The van der Waals surface area contributed by atoms with Crippen molar-refractivity contribution < 1.29 is 0 Å². The van der Waals surface area contributed by atoms with E-state index in [1.54, 1.807) is 0 Å². The normalized spacial score (nSPS) is 13.2. The van der Waals surface area contributed by atoms with Crippen molar-refractivity contribution in [1.82, 2.24) is 0 Å². The molecule has 0 bridgehead atoms. The fourth-order valence-electron chi connectivity index (χ4n) is 2.45. The Bertz CT molecular complexity index is 496. The lowest BCUT2D eigenvalue weighted by molar-refractivity contribution is 1.05. The van der Waals surface area contributed by atoms with E-state index in [9.17, 15) is 0 Å². The van der Waals surface area contributed by atoms with E-state index in [-0.39, 0.29) is 0 Å². The standard InChI is InChI=1S/C18H20ClSi/c1-3-10-15(2)20(19)18(16-11-6-4-7-12-16)17-13-8-5-9-14-17/h3-15,18H,1-2H3/b10-3+. The molecule has 0 amide bonds. The Morgan fingerprint density at radius 3 is 1.75 bits per heavy atom. The Balaban J connectivity index is 2.40. The average Bonchev–Trinajstić information content (AvgIpc) is 2.50. The quantitative estimate of drug-likeness (QED) is 0.385. The molecule has 1 atom stereocenters. The van der Waals surface area contributed by atoms with E-state index in [1.165, 1.54) is 11.1 Å². The highest BCUT2D eigenvalue weighted by atomic mass is 35.6. The summed E-state index contributed by atoms with van der Waals surface area (Å²) in [6, 6.07) is 21.2. The van der Waals surface area contributed by atoms with Gasteiger partial charge in [-0.3, -0.25) is 0 Å².